The molecule has 2 saturated heterocycles. The van der Waals surface area contributed by atoms with Crippen molar-refractivity contribution in [2.24, 2.45) is 5.41 Å². The predicted octanol–water partition coefficient (Wildman–Crippen LogP) is 1.25. The van der Waals surface area contributed by atoms with E-state index in [1.165, 1.54) is 4.90 Å². The standard InChI is InChI=1S/C18H16N2O6/c1-2-9-26-13-5-3-12(4-6-13)19-11-18(10-15(19)22)8-7-14(21)20(16(18)23)17(24)25/h1,3-6H,7-11H2,(H,24,25). The lowest BCUT2D eigenvalue weighted by molar-refractivity contribution is -0.154. The third-order valence-electron chi connectivity index (χ3n) is 4.64. The highest BCUT2D eigenvalue weighted by atomic mass is 16.5. The summed E-state index contributed by atoms with van der Waals surface area (Å²) in [7, 11) is 0. The average Bonchev–Trinajstić information content (AvgIpc) is 2.95. The van der Waals surface area contributed by atoms with Crippen LogP contribution in [-0.4, -0.2) is 47.0 Å². The van der Waals surface area contributed by atoms with E-state index in [1.54, 1.807) is 24.3 Å². The summed E-state index contributed by atoms with van der Waals surface area (Å²) >= 11 is 0. The van der Waals surface area contributed by atoms with Gasteiger partial charge in [0, 0.05) is 25.1 Å². The first-order valence-electron chi connectivity index (χ1n) is 7.95. The largest absolute Gasteiger partial charge is 0.481 e. The monoisotopic (exact) mass is 356 g/mol. The molecule has 134 valence electrons. The molecule has 0 bridgehead atoms. The summed E-state index contributed by atoms with van der Waals surface area (Å²) < 4.78 is 5.28. The molecule has 8 heteroatoms. The van der Waals surface area contributed by atoms with Crippen LogP contribution in [0.15, 0.2) is 24.3 Å². The van der Waals surface area contributed by atoms with E-state index in [1.807, 2.05) is 0 Å². The lowest BCUT2D eigenvalue weighted by Gasteiger charge is -2.34. The zero-order valence-electron chi connectivity index (χ0n) is 13.8. The summed E-state index contributed by atoms with van der Waals surface area (Å²) in [5.74, 6) is 1.02. The smallest absolute Gasteiger partial charge is 0.421 e. The minimum Gasteiger partial charge on any atom is -0.481 e. The molecule has 2 aliphatic heterocycles. The molecular weight excluding hydrogens is 340 g/mol. The molecule has 26 heavy (non-hydrogen) atoms. The van der Waals surface area contributed by atoms with Crippen molar-refractivity contribution in [2.75, 3.05) is 18.1 Å². The quantitative estimate of drug-likeness (QED) is 0.646. The molecule has 1 aromatic rings. The van der Waals surface area contributed by atoms with Crippen molar-refractivity contribution in [2.45, 2.75) is 19.3 Å². The number of carboxylic acid groups (broad SMARTS) is 1. The van der Waals surface area contributed by atoms with Gasteiger partial charge in [0.05, 0.1) is 5.41 Å². The number of likely N-dealkylation sites (tertiary alicyclic amines) is 1. The molecule has 0 radical (unpaired) electrons. The highest BCUT2D eigenvalue weighted by Crippen LogP contribution is 2.42. The van der Waals surface area contributed by atoms with Crippen LogP contribution in [0.1, 0.15) is 19.3 Å². The number of terminal acetylenes is 1. The van der Waals surface area contributed by atoms with Gasteiger partial charge in [0.15, 0.2) is 0 Å². The zero-order valence-corrected chi connectivity index (χ0v) is 13.8. The van der Waals surface area contributed by atoms with E-state index in [0.717, 1.165) is 0 Å². The Balaban J connectivity index is 1.82. The molecule has 8 nitrogen and oxygen atoms in total. The van der Waals surface area contributed by atoms with Gasteiger partial charge in [-0.05, 0) is 30.7 Å². The van der Waals surface area contributed by atoms with E-state index in [4.69, 9.17) is 16.3 Å². The van der Waals surface area contributed by atoms with Gasteiger partial charge in [-0.15, -0.1) is 6.42 Å². The van der Waals surface area contributed by atoms with Crippen molar-refractivity contribution >= 4 is 29.5 Å². The van der Waals surface area contributed by atoms with Gasteiger partial charge >= 0.3 is 6.09 Å². The van der Waals surface area contributed by atoms with E-state index in [9.17, 15) is 19.2 Å². The third-order valence-corrected chi connectivity index (χ3v) is 4.64. The normalized spacial score (nSPS) is 22.7. The number of amides is 4. The van der Waals surface area contributed by atoms with E-state index in [0.29, 0.717) is 11.4 Å². The van der Waals surface area contributed by atoms with Crippen molar-refractivity contribution in [1.29, 1.82) is 0 Å². The zero-order chi connectivity index (χ0) is 18.9. The van der Waals surface area contributed by atoms with E-state index >= 15 is 0 Å². The lowest BCUT2D eigenvalue weighted by atomic mass is 9.78. The van der Waals surface area contributed by atoms with Crippen molar-refractivity contribution in [3.05, 3.63) is 24.3 Å². The second-order valence-electron chi connectivity index (χ2n) is 6.24. The van der Waals surface area contributed by atoms with Crippen LogP contribution in [0.4, 0.5) is 10.5 Å². The number of carbonyl (C=O) groups excluding carboxylic acids is 3. The summed E-state index contributed by atoms with van der Waals surface area (Å²) in [6, 6.07) is 6.63. The fourth-order valence-corrected chi connectivity index (χ4v) is 3.33. The first-order valence-corrected chi connectivity index (χ1v) is 7.95. The summed E-state index contributed by atoms with van der Waals surface area (Å²) in [4.78, 5) is 49.7. The number of piperidine rings is 1. The average molecular weight is 356 g/mol. The summed E-state index contributed by atoms with van der Waals surface area (Å²) in [6.45, 7) is 0.158. The number of nitrogens with zero attached hydrogens (tertiary/aromatic N) is 2. The molecule has 3 rings (SSSR count). The minimum atomic E-state index is -1.61. The van der Waals surface area contributed by atoms with Crippen molar-refractivity contribution in [3.63, 3.8) is 0 Å². The molecule has 1 N–H and O–H groups in total. The number of hydrogen-bond acceptors (Lipinski definition) is 5. The topological polar surface area (TPSA) is 104 Å². The van der Waals surface area contributed by atoms with Gasteiger partial charge in [-0.3, -0.25) is 14.4 Å². The highest BCUT2D eigenvalue weighted by molar-refractivity contribution is 6.14. The fourth-order valence-electron chi connectivity index (χ4n) is 3.33. The number of anilines is 1. The first kappa shape index (κ1) is 17.5. The molecule has 2 fully saturated rings. The molecule has 0 aliphatic carbocycles. The Hall–Kier alpha value is -3.34. The number of rotatable bonds is 3. The van der Waals surface area contributed by atoms with Gasteiger partial charge in [0.1, 0.15) is 12.4 Å². The van der Waals surface area contributed by atoms with Crippen molar-refractivity contribution in [1.82, 2.24) is 4.90 Å². The molecule has 0 saturated carbocycles. The molecule has 1 atom stereocenters. The number of ether oxygens (including phenoxy) is 1. The van der Waals surface area contributed by atoms with Crippen LogP contribution in [0.25, 0.3) is 0 Å². The van der Waals surface area contributed by atoms with Crippen LogP contribution in [0.5, 0.6) is 5.75 Å². The predicted molar refractivity (Wildman–Crippen MR) is 89.3 cm³/mol. The molecule has 1 unspecified atom stereocenters. The van der Waals surface area contributed by atoms with Crippen LogP contribution < -0.4 is 9.64 Å². The summed E-state index contributed by atoms with van der Waals surface area (Å²) in [5, 5.41) is 9.13. The summed E-state index contributed by atoms with van der Waals surface area (Å²) in [6.07, 6.45) is 3.46. The van der Waals surface area contributed by atoms with E-state index < -0.39 is 23.3 Å². The second kappa shape index (κ2) is 6.52. The first-order chi connectivity index (χ1) is 12.4. The van der Waals surface area contributed by atoms with E-state index in [2.05, 4.69) is 5.92 Å². The molecule has 0 aromatic heterocycles. The Kier molecular flexibility index (Phi) is 4.38. The molecule has 2 aliphatic rings. The van der Waals surface area contributed by atoms with Crippen LogP contribution in [-0.2, 0) is 14.4 Å². The minimum absolute atomic E-state index is 0.0340. The molecule has 2 heterocycles. The third kappa shape index (κ3) is 2.88. The Labute approximate surface area is 149 Å². The highest BCUT2D eigenvalue weighted by Gasteiger charge is 2.55. The maximum absolute atomic E-state index is 12.6. The Morgan fingerprint density at radius 2 is 1.92 bits per heavy atom. The van der Waals surface area contributed by atoms with Crippen molar-refractivity contribution < 1.29 is 29.0 Å². The molecule has 4 amide bonds. The van der Waals surface area contributed by atoms with Gasteiger partial charge in [-0.1, -0.05) is 5.92 Å². The van der Waals surface area contributed by atoms with Gasteiger partial charge in [0.25, 0.3) is 0 Å². The number of benzene rings is 1. The van der Waals surface area contributed by atoms with Crippen LogP contribution in [0.3, 0.4) is 0 Å². The van der Waals surface area contributed by atoms with Gasteiger partial charge in [-0.25, -0.2) is 4.79 Å². The SMILES string of the molecule is C#CCOc1ccc(N2CC3(CCC(=O)N(C(=O)O)C3=O)CC2=O)cc1. The number of imide groups is 3. The van der Waals surface area contributed by atoms with Crippen LogP contribution in [0, 0.1) is 17.8 Å². The Bertz CT molecular complexity index is 825. The van der Waals surface area contributed by atoms with Gasteiger partial charge in [0.2, 0.25) is 17.7 Å². The Morgan fingerprint density at radius 3 is 2.54 bits per heavy atom. The van der Waals surface area contributed by atoms with Crippen molar-refractivity contribution in [3.8, 4) is 18.1 Å². The van der Waals surface area contributed by atoms with Gasteiger partial charge in [-0.2, -0.15) is 4.90 Å². The Morgan fingerprint density at radius 1 is 1.23 bits per heavy atom. The molecule has 1 aromatic carbocycles. The maximum atomic E-state index is 12.6. The fraction of sp³-hybridized carbons (Fsp3) is 0.333. The van der Waals surface area contributed by atoms with Crippen LogP contribution >= 0.6 is 0 Å². The number of hydrogen-bond donors (Lipinski definition) is 1. The number of carbonyl (C=O) groups is 4. The van der Waals surface area contributed by atoms with Gasteiger partial charge < -0.3 is 14.7 Å². The molecular formula is C18H16N2O6. The lowest BCUT2D eigenvalue weighted by Crippen LogP contribution is -2.54. The summed E-state index contributed by atoms with van der Waals surface area (Å²) in [5.41, 5.74) is -0.631. The molecule has 1 spiro atoms. The van der Waals surface area contributed by atoms with E-state index in [-0.39, 0.29) is 43.2 Å². The second-order valence-corrected chi connectivity index (χ2v) is 6.24. The maximum Gasteiger partial charge on any atom is 0.421 e. The van der Waals surface area contributed by atoms with Crippen LogP contribution in [0.2, 0.25) is 0 Å².